The lowest BCUT2D eigenvalue weighted by Crippen LogP contribution is -2.42. The van der Waals surface area contributed by atoms with Crippen LogP contribution in [0.1, 0.15) is 59.7 Å². The second-order valence-corrected chi connectivity index (χ2v) is 11.5. The predicted octanol–water partition coefficient (Wildman–Crippen LogP) is 7.02. The molecule has 10 heteroatoms. The fraction of sp³-hybridized carbons (Fsp3) is 0.321. The number of aromatic nitrogens is 2. The van der Waals surface area contributed by atoms with Gasteiger partial charge >= 0.3 is 5.97 Å². The number of aromatic carboxylic acids is 1. The molecule has 3 heterocycles. The van der Waals surface area contributed by atoms with E-state index in [2.05, 4.69) is 21.1 Å². The highest BCUT2D eigenvalue weighted by Crippen LogP contribution is 2.56. The Balaban J connectivity index is 1.14. The van der Waals surface area contributed by atoms with E-state index in [1.807, 2.05) is 0 Å². The van der Waals surface area contributed by atoms with Crippen LogP contribution in [0.15, 0.2) is 40.9 Å². The molecule has 194 valence electrons. The second kappa shape index (κ2) is 8.42. The Morgan fingerprint density at radius 2 is 1.79 bits per heavy atom. The number of thiazole rings is 1. The standard InChI is InChI=1S/C28H22F3N3O3S/c29-17-2-1-3-18(30)22(17)24-21(25(37-33-24)14-4-5-14)16-12-28(13-16)6-8-34(9-7-28)27-32-23-19(31)10-15(26(35)36)11-20(23)38-27/h1-3,10-12,14H,4-9,13H2,(H,35,36). The molecule has 2 aromatic carbocycles. The van der Waals surface area contributed by atoms with Crippen molar-refractivity contribution in [1.82, 2.24) is 10.1 Å². The van der Waals surface area contributed by atoms with E-state index >= 15 is 0 Å². The highest BCUT2D eigenvalue weighted by molar-refractivity contribution is 7.22. The molecule has 6 nitrogen and oxygen atoms in total. The monoisotopic (exact) mass is 537 g/mol. The Morgan fingerprint density at radius 3 is 2.45 bits per heavy atom. The van der Waals surface area contributed by atoms with Crippen molar-refractivity contribution >= 4 is 38.2 Å². The van der Waals surface area contributed by atoms with Gasteiger partial charge in [-0.25, -0.2) is 22.9 Å². The summed E-state index contributed by atoms with van der Waals surface area (Å²) in [5, 5.41) is 14.0. The topological polar surface area (TPSA) is 79.5 Å². The molecule has 0 unspecified atom stereocenters. The zero-order chi connectivity index (χ0) is 26.2. The summed E-state index contributed by atoms with van der Waals surface area (Å²) >= 11 is 1.29. The highest BCUT2D eigenvalue weighted by atomic mass is 32.1. The van der Waals surface area contributed by atoms with Crippen molar-refractivity contribution in [2.75, 3.05) is 18.0 Å². The van der Waals surface area contributed by atoms with Crippen LogP contribution >= 0.6 is 11.3 Å². The number of anilines is 1. The van der Waals surface area contributed by atoms with Crippen LogP contribution in [0.25, 0.3) is 27.0 Å². The van der Waals surface area contributed by atoms with Crippen LogP contribution in [0, 0.1) is 22.9 Å². The number of carboxylic acid groups (broad SMARTS) is 1. The van der Waals surface area contributed by atoms with Crippen LogP contribution in [0.2, 0.25) is 0 Å². The van der Waals surface area contributed by atoms with Crippen molar-refractivity contribution in [1.29, 1.82) is 0 Å². The molecule has 4 aromatic rings. The van der Waals surface area contributed by atoms with Crippen LogP contribution in [0.5, 0.6) is 0 Å². The summed E-state index contributed by atoms with van der Waals surface area (Å²) < 4.78 is 49.9. The minimum atomic E-state index is -1.17. The molecule has 1 saturated heterocycles. The van der Waals surface area contributed by atoms with Crippen molar-refractivity contribution in [3.63, 3.8) is 0 Å². The van der Waals surface area contributed by atoms with E-state index < -0.39 is 23.4 Å². The number of allylic oxidation sites excluding steroid dienone is 2. The highest BCUT2D eigenvalue weighted by Gasteiger charge is 2.44. The minimum absolute atomic E-state index is 0.0343. The maximum absolute atomic E-state index is 14.6. The van der Waals surface area contributed by atoms with Crippen LogP contribution in [0.3, 0.4) is 0 Å². The molecule has 0 radical (unpaired) electrons. The quantitative estimate of drug-likeness (QED) is 0.295. The number of halogens is 3. The SMILES string of the molecule is O=C(O)c1cc(F)c2nc(N3CCC4(C=C(c5c(-c6c(F)cccc6F)noc5C5CC5)C4)CC3)sc2c1. The molecule has 2 aliphatic carbocycles. The molecule has 1 spiro atoms. The van der Waals surface area contributed by atoms with Gasteiger partial charge in [0, 0.05) is 24.6 Å². The molecule has 3 aliphatic rings. The van der Waals surface area contributed by atoms with Gasteiger partial charge in [0.25, 0.3) is 0 Å². The molecule has 0 bridgehead atoms. The van der Waals surface area contributed by atoms with E-state index in [1.165, 1.54) is 35.6 Å². The van der Waals surface area contributed by atoms with Crippen molar-refractivity contribution in [3.05, 3.63) is 70.7 Å². The number of fused-ring (bicyclic) bond motifs is 1. The second-order valence-electron chi connectivity index (χ2n) is 10.4. The molecule has 0 atom stereocenters. The summed E-state index contributed by atoms with van der Waals surface area (Å²) in [5.41, 5.74) is 1.90. The van der Waals surface area contributed by atoms with E-state index in [-0.39, 0.29) is 33.7 Å². The Bertz CT molecular complexity index is 1630. The first kappa shape index (κ1) is 23.5. The van der Waals surface area contributed by atoms with E-state index in [1.54, 1.807) is 0 Å². The normalized spacial score (nSPS) is 18.6. The van der Waals surface area contributed by atoms with Gasteiger partial charge in [-0.2, -0.15) is 0 Å². The van der Waals surface area contributed by atoms with Crippen molar-refractivity contribution in [2.24, 2.45) is 5.41 Å². The van der Waals surface area contributed by atoms with Gasteiger partial charge in [-0.3, -0.25) is 0 Å². The lowest BCUT2D eigenvalue weighted by Gasteiger charge is -2.46. The summed E-state index contributed by atoms with van der Waals surface area (Å²) in [4.78, 5) is 17.8. The molecule has 2 fully saturated rings. The Kier molecular flexibility index (Phi) is 5.20. The summed E-state index contributed by atoms with van der Waals surface area (Å²) in [6, 6.07) is 6.27. The van der Waals surface area contributed by atoms with Crippen molar-refractivity contribution < 1.29 is 27.6 Å². The third-order valence-corrected chi connectivity index (χ3v) is 8.99. The number of piperidine rings is 1. The maximum Gasteiger partial charge on any atom is 0.335 e. The van der Waals surface area contributed by atoms with Gasteiger partial charge in [-0.1, -0.05) is 28.6 Å². The molecule has 0 amide bonds. The van der Waals surface area contributed by atoms with Crippen LogP contribution in [-0.2, 0) is 0 Å². The average molecular weight is 538 g/mol. The molecule has 1 N–H and O–H groups in total. The zero-order valence-corrected chi connectivity index (χ0v) is 21.0. The Hall–Kier alpha value is -3.66. The molecule has 7 rings (SSSR count). The zero-order valence-electron chi connectivity index (χ0n) is 20.1. The lowest BCUT2D eigenvalue weighted by atomic mass is 9.63. The van der Waals surface area contributed by atoms with Crippen molar-refractivity contribution in [3.8, 4) is 11.3 Å². The number of carboxylic acids is 1. The fourth-order valence-electron chi connectivity index (χ4n) is 5.71. The smallest absolute Gasteiger partial charge is 0.335 e. The van der Waals surface area contributed by atoms with Crippen LogP contribution in [-0.4, -0.2) is 34.3 Å². The van der Waals surface area contributed by atoms with Gasteiger partial charge in [0.15, 0.2) is 10.9 Å². The van der Waals surface area contributed by atoms with Gasteiger partial charge < -0.3 is 14.5 Å². The number of rotatable bonds is 5. The van der Waals surface area contributed by atoms with Gasteiger partial charge in [0.05, 0.1) is 15.8 Å². The predicted molar refractivity (Wildman–Crippen MR) is 137 cm³/mol. The van der Waals surface area contributed by atoms with Gasteiger partial charge in [-0.15, -0.1) is 0 Å². The lowest BCUT2D eigenvalue weighted by molar-refractivity contribution is 0.0696. The van der Waals surface area contributed by atoms with Crippen molar-refractivity contribution in [2.45, 2.75) is 38.0 Å². The first-order valence-corrected chi connectivity index (χ1v) is 13.4. The first-order chi connectivity index (χ1) is 18.3. The summed E-state index contributed by atoms with van der Waals surface area (Å²) in [5.74, 6) is -2.17. The number of carbonyl (C=O) groups is 1. The third kappa shape index (κ3) is 3.73. The van der Waals surface area contributed by atoms with Gasteiger partial charge in [0.1, 0.15) is 28.6 Å². The largest absolute Gasteiger partial charge is 0.478 e. The summed E-state index contributed by atoms with van der Waals surface area (Å²) in [7, 11) is 0. The number of hydrogen-bond acceptors (Lipinski definition) is 6. The van der Waals surface area contributed by atoms with E-state index in [0.29, 0.717) is 22.9 Å². The minimum Gasteiger partial charge on any atom is -0.478 e. The molecule has 1 saturated carbocycles. The molecule has 38 heavy (non-hydrogen) atoms. The first-order valence-electron chi connectivity index (χ1n) is 12.6. The number of hydrogen-bond donors (Lipinski definition) is 1. The number of benzene rings is 2. The molecule has 1 aliphatic heterocycles. The van der Waals surface area contributed by atoms with E-state index in [9.17, 15) is 23.1 Å². The Labute approximate surface area is 219 Å². The summed E-state index contributed by atoms with van der Waals surface area (Å²) in [6.45, 7) is 1.43. The third-order valence-electron chi connectivity index (χ3n) is 7.92. The van der Waals surface area contributed by atoms with Gasteiger partial charge in [-0.05, 0) is 67.4 Å². The average Bonchev–Trinajstić information content (AvgIpc) is 3.47. The maximum atomic E-state index is 14.6. The van der Waals surface area contributed by atoms with Crippen LogP contribution < -0.4 is 4.90 Å². The van der Waals surface area contributed by atoms with Gasteiger partial charge in [0.2, 0.25) is 0 Å². The molecular formula is C28H22F3N3O3S. The molecular weight excluding hydrogens is 515 g/mol. The summed E-state index contributed by atoms with van der Waals surface area (Å²) in [6.07, 6.45) is 6.63. The van der Waals surface area contributed by atoms with E-state index in [4.69, 9.17) is 4.52 Å². The molecule has 2 aromatic heterocycles. The number of nitrogens with zero attached hydrogens (tertiary/aromatic N) is 3. The van der Waals surface area contributed by atoms with E-state index in [0.717, 1.165) is 55.1 Å². The fourth-order valence-corrected chi connectivity index (χ4v) is 6.78. The van der Waals surface area contributed by atoms with Crippen LogP contribution in [0.4, 0.5) is 18.3 Å². The Morgan fingerprint density at radius 1 is 1.08 bits per heavy atom.